The third-order valence-corrected chi connectivity index (χ3v) is 3.47. The van der Waals surface area contributed by atoms with Gasteiger partial charge in [0.05, 0.1) is 0 Å². The Balaban J connectivity index is 2.49. The average molecular weight is 189 g/mol. The molecule has 76 valence electrons. The zero-order valence-electron chi connectivity index (χ0n) is 9.14. The minimum Gasteiger partial charge on any atom is -0.321 e. The van der Waals surface area contributed by atoms with E-state index in [4.69, 9.17) is 5.73 Å². The summed E-state index contributed by atoms with van der Waals surface area (Å²) < 4.78 is 0. The van der Waals surface area contributed by atoms with Crippen LogP contribution >= 0.6 is 0 Å². The maximum absolute atomic E-state index is 6.48. The van der Waals surface area contributed by atoms with Crippen LogP contribution in [0.1, 0.15) is 42.4 Å². The summed E-state index contributed by atoms with van der Waals surface area (Å²) in [4.78, 5) is 0. The van der Waals surface area contributed by atoms with Gasteiger partial charge in [-0.3, -0.25) is 0 Å². The first-order valence-electron chi connectivity index (χ1n) is 5.49. The summed E-state index contributed by atoms with van der Waals surface area (Å²) in [6.07, 6.45) is 4.87. The van der Waals surface area contributed by atoms with Gasteiger partial charge in [0.2, 0.25) is 0 Å². The van der Waals surface area contributed by atoms with Crippen LogP contribution in [0.5, 0.6) is 0 Å². The average Bonchev–Trinajstić information content (AvgIpc) is 2.52. The maximum atomic E-state index is 6.48. The summed E-state index contributed by atoms with van der Waals surface area (Å²) in [7, 11) is 0. The number of hydrogen-bond acceptors (Lipinski definition) is 1. The zero-order valence-corrected chi connectivity index (χ0v) is 9.14. The summed E-state index contributed by atoms with van der Waals surface area (Å²) in [6, 6.07) is 6.47. The van der Waals surface area contributed by atoms with Gasteiger partial charge >= 0.3 is 0 Å². The first kappa shape index (κ1) is 9.72. The molecular weight excluding hydrogens is 170 g/mol. The molecule has 2 N–H and O–H groups in total. The molecule has 14 heavy (non-hydrogen) atoms. The molecular formula is C13H19N. The highest BCUT2D eigenvalue weighted by molar-refractivity contribution is 5.39. The molecule has 0 amide bonds. The molecule has 1 saturated carbocycles. The van der Waals surface area contributed by atoms with Crippen molar-refractivity contribution in [2.75, 3.05) is 0 Å². The van der Waals surface area contributed by atoms with Crippen LogP contribution in [-0.4, -0.2) is 0 Å². The minimum atomic E-state index is -0.0323. The highest BCUT2D eigenvalue weighted by Crippen LogP contribution is 2.39. The predicted molar refractivity (Wildman–Crippen MR) is 60.2 cm³/mol. The van der Waals surface area contributed by atoms with E-state index >= 15 is 0 Å². The number of aryl methyl sites for hydroxylation is 2. The van der Waals surface area contributed by atoms with Crippen molar-refractivity contribution in [3.8, 4) is 0 Å². The standard InChI is InChI=1S/C13H19N/c1-10-6-5-7-11(2)12(10)13(14)8-3-4-9-13/h5-7H,3-4,8-9,14H2,1-2H3. The maximum Gasteiger partial charge on any atom is 0.0414 e. The Kier molecular flexibility index (Phi) is 2.36. The van der Waals surface area contributed by atoms with E-state index < -0.39 is 0 Å². The second-order valence-corrected chi connectivity index (χ2v) is 4.63. The lowest BCUT2D eigenvalue weighted by Gasteiger charge is -2.28. The van der Waals surface area contributed by atoms with Gasteiger partial charge in [-0.2, -0.15) is 0 Å². The van der Waals surface area contributed by atoms with Gasteiger partial charge in [0.1, 0.15) is 0 Å². The number of benzene rings is 1. The van der Waals surface area contributed by atoms with Gasteiger partial charge in [-0.1, -0.05) is 31.0 Å². The van der Waals surface area contributed by atoms with Crippen LogP contribution in [0.2, 0.25) is 0 Å². The van der Waals surface area contributed by atoms with Gasteiger partial charge in [0, 0.05) is 5.54 Å². The summed E-state index contributed by atoms with van der Waals surface area (Å²) >= 11 is 0. The van der Waals surface area contributed by atoms with Crippen molar-refractivity contribution >= 4 is 0 Å². The quantitative estimate of drug-likeness (QED) is 0.722. The fourth-order valence-electron chi connectivity index (χ4n) is 2.86. The Morgan fingerprint density at radius 1 is 1.07 bits per heavy atom. The second-order valence-electron chi connectivity index (χ2n) is 4.63. The Morgan fingerprint density at radius 2 is 1.57 bits per heavy atom. The molecule has 0 spiro atoms. The van der Waals surface area contributed by atoms with E-state index in [0.29, 0.717) is 0 Å². The Labute approximate surface area is 86.3 Å². The summed E-state index contributed by atoms with van der Waals surface area (Å²) in [6.45, 7) is 4.35. The van der Waals surface area contributed by atoms with Crippen molar-refractivity contribution in [1.82, 2.24) is 0 Å². The molecule has 0 unspecified atom stereocenters. The molecule has 0 heterocycles. The first-order valence-corrected chi connectivity index (χ1v) is 5.49. The van der Waals surface area contributed by atoms with E-state index in [1.165, 1.54) is 29.5 Å². The fraction of sp³-hybridized carbons (Fsp3) is 0.538. The SMILES string of the molecule is Cc1cccc(C)c1C1(N)CCCC1. The number of rotatable bonds is 1. The Hall–Kier alpha value is -0.820. The van der Waals surface area contributed by atoms with Gasteiger partial charge < -0.3 is 5.73 Å². The van der Waals surface area contributed by atoms with Crippen molar-refractivity contribution < 1.29 is 0 Å². The van der Waals surface area contributed by atoms with Crippen LogP contribution in [-0.2, 0) is 5.54 Å². The lowest BCUT2D eigenvalue weighted by molar-refractivity contribution is 0.456. The highest BCUT2D eigenvalue weighted by Gasteiger charge is 2.33. The molecule has 1 fully saturated rings. The molecule has 0 bridgehead atoms. The fourth-order valence-corrected chi connectivity index (χ4v) is 2.86. The van der Waals surface area contributed by atoms with E-state index in [1.807, 2.05) is 0 Å². The number of hydrogen-bond donors (Lipinski definition) is 1. The van der Waals surface area contributed by atoms with E-state index in [1.54, 1.807) is 0 Å². The molecule has 0 radical (unpaired) electrons. The van der Waals surface area contributed by atoms with Crippen molar-refractivity contribution in [3.63, 3.8) is 0 Å². The first-order chi connectivity index (χ1) is 6.63. The van der Waals surface area contributed by atoms with Crippen LogP contribution < -0.4 is 5.73 Å². The van der Waals surface area contributed by atoms with Crippen LogP contribution in [0.25, 0.3) is 0 Å². The third kappa shape index (κ3) is 1.46. The zero-order chi connectivity index (χ0) is 10.2. The van der Waals surface area contributed by atoms with Crippen LogP contribution in [0.4, 0.5) is 0 Å². The highest BCUT2D eigenvalue weighted by atomic mass is 14.8. The molecule has 0 aromatic heterocycles. The molecule has 1 aromatic rings. The van der Waals surface area contributed by atoms with Crippen molar-refractivity contribution in [3.05, 3.63) is 34.9 Å². The van der Waals surface area contributed by atoms with Gasteiger partial charge in [0.15, 0.2) is 0 Å². The smallest absolute Gasteiger partial charge is 0.0414 e. The molecule has 1 heteroatoms. The van der Waals surface area contributed by atoms with Crippen LogP contribution in [0.3, 0.4) is 0 Å². The topological polar surface area (TPSA) is 26.0 Å². The van der Waals surface area contributed by atoms with Gasteiger partial charge in [-0.05, 0) is 43.4 Å². The van der Waals surface area contributed by atoms with Crippen LogP contribution in [0.15, 0.2) is 18.2 Å². The lowest BCUT2D eigenvalue weighted by atomic mass is 9.83. The normalized spacial score (nSPS) is 19.9. The Morgan fingerprint density at radius 3 is 2.07 bits per heavy atom. The van der Waals surface area contributed by atoms with Gasteiger partial charge in [0.25, 0.3) is 0 Å². The molecule has 0 atom stereocenters. The monoisotopic (exact) mass is 189 g/mol. The van der Waals surface area contributed by atoms with Crippen molar-refractivity contribution in [2.24, 2.45) is 5.73 Å². The largest absolute Gasteiger partial charge is 0.321 e. The molecule has 1 aromatic carbocycles. The molecule has 1 aliphatic rings. The van der Waals surface area contributed by atoms with Crippen molar-refractivity contribution in [1.29, 1.82) is 0 Å². The van der Waals surface area contributed by atoms with E-state index in [2.05, 4.69) is 32.0 Å². The van der Waals surface area contributed by atoms with Gasteiger partial charge in [-0.15, -0.1) is 0 Å². The predicted octanol–water partition coefficient (Wildman–Crippen LogP) is 3.03. The van der Waals surface area contributed by atoms with E-state index in [9.17, 15) is 0 Å². The van der Waals surface area contributed by atoms with Crippen LogP contribution in [0, 0.1) is 13.8 Å². The lowest BCUT2D eigenvalue weighted by Crippen LogP contribution is -2.34. The minimum absolute atomic E-state index is 0.0323. The molecule has 1 nitrogen and oxygen atoms in total. The third-order valence-electron chi connectivity index (χ3n) is 3.47. The number of nitrogens with two attached hydrogens (primary N) is 1. The molecule has 1 aliphatic carbocycles. The summed E-state index contributed by atoms with van der Waals surface area (Å²) in [5.41, 5.74) is 10.6. The van der Waals surface area contributed by atoms with Crippen molar-refractivity contribution in [2.45, 2.75) is 45.1 Å². The van der Waals surface area contributed by atoms with E-state index in [-0.39, 0.29) is 5.54 Å². The second kappa shape index (κ2) is 3.39. The molecule has 0 aliphatic heterocycles. The summed E-state index contributed by atoms with van der Waals surface area (Å²) in [5, 5.41) is 0. The summed E-state index contributed by atoms with van der Waals surface area (Å²) in [5.74, 6) is 0. The Bertz CT molecular complexity index is 315. The van der Waals surface area contributed by atoms with E-state index in [0.717, 1.165) is 12.8 Å². The molecule has 2 rings (SSSR count). The van der Waals surface area contributed by atoms with Gasteiger partial charge in [-0.25, -0.2) is 0 Å². The molecule has 0 saturated heterocycles.